The minimum Gasteiger partial charge on any atom is -0.454 e. The van der Waals surface area contributed by atoms with Gasteiger partial charge in [-0.1, -0.05) is 15.9 Å². The maximum Gasteiger partial charge on any atom is 0.236 e. The van der Waals surface area contributed by atoms with E-state index in [0.29, 0.717) is 13.1 Å². The van der Waals surface area contributed by atoms with Gasteiger partial charge >= 0.3 is 0 Å². The van der Waals surface area contributed by atoms with E-state index < -0.39 is 0 Å². The Morgan fingerprint density at radius 3 is 2.70 bits per heavy atom. The smallest absolute Gasteiger partial charge is 0.236 e. The fourth-order valence-corrected chi connectivity index (χ4v) is 2.94. The molecular weight excluding hydrogens is 324 g/mol. The first kappa shape index (κ1) is 13.7. The number of nitrogens with zero attached hydrogens (tertiary/aromatic N) is 1. The van der Waals surface area contributed by atoms with Crippen molar-refractivity contribution in [2.24, 2.45) is 0 Å². The fraction of sp³-hybridized carbons (Fsp3) is 0.500. The molecule has 0 saturated carbocycles. The lowest BCUT2D eigenvalue weighted by molar-refractivity contribution is -0.129. The van der Waals surface area contributed by atoms with E-state index in [-0.39, 0.29) is 12.7 Å². The van der Waals surface area contributed by atoms with Crippen molar-refractivity contribution in [3.05, 3.63) is 22.2 Å². The molecule has 20 heavy (non-hydrogen) atoms. The van der Waals surface area contributed by atoms with Gasteiger partial charge in [0.15, 0.2) is 11.5 Å². The van der Waals surface area contributed by atoms with Crippen molar-refractivity contribution in [2.75, 3.05) is 26.4 Å². The summed E-state index contributed by atoms with van der Waals surface area (Å²) in [7, 11) is 0. The Kier molecular flexibility index (Phi) is 4.12. The van der Waals surface area contributed by atoms with Crippen molar-refractivity contribution in [1.82, 2.24) is 10.2 Å². The van der Waals surface area contributed by atoms with Gasteiger partial charge in [-0.25, -0.2) is 0 Å². The van der Waals surface area contributed by atoms with Crippen LogP contribution < -0.4 is 14.8 Å². The van der Waals surface area contributed by atoms with Gasteiger partial charge in [0.25, 0.3) is 0 Å². The standard InChI is InChI=1S/C14H17BrN2O3/c15-11-6-13-12(19-9-20-13)5-10(11)7-16-8-14(18)17-3-1-2-4-17/h5-6,16H,1-4,7-9H2. The molecule has 3 rings (SSSR count). The van der Waals surface area contributed by atoms with Gasteiger partial charge in [-0.3, -0.25) is 4.79 Å². The highest BCUT2D eigenvalue weighted by Gasteiger charge is 2.18. The van der Waals surface area contributed by atoms with Crippen molar-refractivity contribution in [3.8, 4) is 11.5 Å². The van der Waals surface area contributed by atoms with Crippen LogP contribution in [0.15, 0.2) is 16.6 Å². The molecule has 1 fully saturated rings. The van der Waals surface area contributed by atoms with E-state index in [0.717, 1.165) is 47.5 Å². The molecule has 5 nitrogen and oxygen atoms in total. The monoisotopic (exact) mass is 340 g/mol. The molecule has 1 aromatic carbocycles. The Bertz CT molecular complexity index is 515. The van der Waals surface area contributed by atoms with E-state index in [1.54, 1.807) is 0 Å². The quantitative estimate of drug-likeness (QED) is 0.909. The molecule has 6 heteroatoms. The van der Waals surface area contributed by atoms with Gasteiger partial charge < -0.3 is 19.7 Å². The second kappa shape index (κ2) is 6.01. The lowest BCUT2D eigenvalue weighted by atomic mass is 10.2. The van der Waals surface area contributed by atoms with Gasteiger partial charge in [-0.15, -0.1) is 0 Å². The van der Waals surface area contributed by atoms with E-state index in [1.165, 1.54) is 0 Å². The fourth-order valence-electron chi connectivity index (χ4n) is 2.48. The van der Waals surface area contributed by atoms with Crippen LogP contribution in [0.3, 0.4) is 0 Å². The third-order valence-corrected chi connectivity index (χ3v) is 4.33. The first-order chi connectivity index (χ1) is 9.74. The average molecular weight is 341 g/mol. The molecule has 0 atom stereocenters. The number of ether oxygens (including phenoxy) is 2. The predicted molar refractivity (Wildman–Crippen MR) is 77.8 cm³/mol. The summed E-state index contributed by atoms with van der Waals surface area (Å²) in [6.07, 6.45) is 2.25. The van der Waals surface area contributed by atoms with Crippen LogP contribution in [0.2, 0.25) is 0 Å². The predicted octanol–water partition coefficient (Wildman–Crippen LogP) is 1.89. The highest BCUT2D eigenvalue weighted by atomic mass is 79.9. The summed E-state index contributed by atoms with van der Waals surface area (Å²) in [6.45, 7) is 3.06. The highest BCUT2D eigenvalue weighted by Crippen LogP contribution is 2.36. The molecule has 1 N–H and O–H groups in total. The molecular formula is C14H17BrN2O3. The normalized spacial score (nSPS) is 16.8. The van der Waals surface area contributed by atoms with Gasteiger partial charge in [0, 0.05) is 24.1 Å². The van der Waals surface area contributed by atoms with E-state index in [1.807, 2.05) is 17.0 Å². The summed E-state index contributed by atoms with van der Waals surface area (Å²) < 4.78 is 11.6. The molecule has 1 saturated heterocycles. The molecule has 0 spiro atoms. The van der Waals surface area contributed by atoms with E-state index >= 15 is 0 Å². The van der Waals surface area contributed by atoms with Gasteiger partial charge in [0.2, 0.25) is 12.7 Å². The summed E-state index contributed by atoms with van der Waals surface area (Å²) in [6, 6.07) is 3.85. The number of hydrogen-bond acceptors (Lipinski definition) is 4. The largest absolute Gasteiger partial charge is 0.454 e. The zero-order valence-electron chi connectivity index (χ0n) is 11.2. The Morgan fingerprint density at radius 2 is 1.95 bits per heavy atom. The second-order valence-electron chi connectivity index (χ2n) is 4.99. The third-order valence-electron chi connectivity index (χ3n) is 3.59. The molecule has 1 aromatic rings. The third kappa shape index (κ3) is 2.91. The molecule has 0 unspecified atom stereocenters. The minimum absolute atomic E-state index is 0.180. The maximum atomic E-state index is 11.9. The van der Waals surface area contributed by atoms with Crippen LogP contribution in [0.1, 0.15) is 18.4 Å². The van der Waals surface area contributed by atoms with Crippen molar-refractivity contribution < 1.29 is 14.3 Å². The Hall–Kier alpha value is -1.27. The molecule has 0 bridgehead atoms. The maximum absolute atomic E-state index is 11.9. The van der Waals surface area contributed by atoms with Crippen LogP contribution in [0.25, 0.3) is 0 Å². The Balaban J connectivity index is 1.54. The zero-order valence-corrected chi connectivity index (χ0v) is 12.7. The molecule has 2 heterocycles. The van der Waals surface area contributed by atoms with Gasteiger partial charge in [0.1, 0.15) is 0 Å². The van der Waals surface area contributed by atoms with Crippen LogP contribution in [-0.2, 0) is 11.3 Å². The molecule has 2 aliphatic heterocycles. The number of hydrogen-bond donors (Lipinski definition) is 1. The van der Waals surface area contributed by atoms with Crippen molar-refractivity contribution in [1.29, 1.82) is 0 Å². The Morgan fingerprint density at radius 1 is 1.25 bits per heavy atom. The van der Waals surface area contributed by atoms with Gasteiger partial charge in [-0.2, -0.15) is 0 Å². The van der Waals surface area contributed by atoms with Crippen molar-refractivity contribution >= 4 is 21.8 Å². The molecule has 0 aliphatic carbocycles. The Labute approximate surface area is 126 Å². The minimum atomic E-state index is 0.180. The first-order valence-electron chi connectivity index (χ1n) is 6.80. The molecule has 0 aromatic heterocycles. The number of amides is 1. The average Bonchev–Trinajstić information content (AvgIpc) is 3.08. The summed E-state index contributed by atoms with van der Waals surface area (Å²) >= 11 is 3.51. The number of likely N-dealkylation sites (tertiary alicyclic amines) is 1. The number of benzene rings is 1. The van der Waals surface area contributed by atoms with Crippen LogP contribution in [0, 0.1) is 0 Å². The topological polar surface area (TPSA) is 50.8 Å². The summed E-state index contributed by atoms with van der Waals surface area (Å²) in [4.78, 5) is 13.8. The van der Waals surface area contributed by atoms with Crippen LogP contribution in [-0.4, -0.2) is 37.2 Å². The first-order valence-corrected chi connectivity index (χ1v) is 7.60. The highest BCUT2D eigenvalue weighted by molar-refractivity contribution is 9.10. The van der Waals surface area contributed by atoms with Crippen molar-refractivity contribution in [3.63, 3.8) is 0 Å². The van der Waals surface area contributed by atoms with E-state index in [4.69, 9.17) is 9.47 Å². The van der Waals surface area contributed by atoms with Gasteiger partial charge in [0.05, 0.1) is 6.54 Å². The molecule has 2 aliphatic rings. The second-order valence-corrected chi connectivity index (χ2v) is 5.84. The molecule has 1 amide bonds. The number of carbonyl (C=O) groups is 1. The van der Waals surface area contributed by atoms with E-state index in [2.05, 4.69) is 21.2 Å². The lowest BCUT2D eigenvalue weighted by Crippen LogP contribution is -2.36. The summed E-state index contributed by atoms with van der Waals surface area (Å²) in [5.41, 5.74) is 1.06. The number of nitrogens with one attached hydrogen (secondary N) is 1. The number of fused-ring (bicyclic) bond motifs is 1. The SMILES string of the molecule is O=C(CNCc1cc2c(cc1Br)OCO2)N1CCCC1. The molecule has 108 valence electrons. The van der Waals surface area contributed by atoms with Gasteiger partial charge in [-0.05, 0) is 30.5 Å². The number of carbonyl (C=O) groups excluding carboxylic acids is 1. The van der Waals surface area contributed by atoms with Crippen LogP contribution in [0.5, 0.6) is 11.5 Å². The van der Waals surface area contributed by atoms with Crippen LogP contribution in [0.4, 0.5) is 0 Å². The number of halogens is 1. The lowest BCUT2D eigenvalue weighted by Gasteiger charge is -2.15. The summed E-state index contributed by atoms with van der Waals surface area (Å²) in [5, 5.41) is 3.19. The van der Waals surface area contributed by atoms with E-state index in [9.17, 15) is 4.79 Å². The zero-order chi connectivity index (χ0) is 13.9. The number of rotatable bonds is 4. The molecule has 0 radical (unpaired) electrons. The van der Waals surface area contributed by atoms with Crippen molar-refractivity contribution in [2.45, 2.75) is 19.4 Å². The van der Waals surface area contributed by atoms with Crippen LogP contribution >= 0.6 is 15.9 Å². The summed E-state index contributed by atoms with van der Waals surface area (Å²) in [5.74, 6) is 1.70.